The quantitative estimate of drug-likeness (QED) is 0.248. The number of nitrogens with two attached hydrogens (primary N) is 1. The molecular formula is C24H22N2O9. The number of aromatic hydroxyl groups is 1. The minimum atomic E-state index is -2.66. The number of hydrogen-bond donors (Lipinski definition) is 6. The molecule has 0 heterocycles. The summed E-state index contributed by atoms with van der Waals surface area (Å²) in [5.41, 5.74) is 1.91. The lowest BCUT2D eigenvalue weighted by molar-refractivity contribution is -0.144. The summed E-state index contributed by atoms with van der Waals surface area (Å²) < 4.78 is 0. The van der Waals surface area contributed by atoms with E-state index in [9.17, 15) is 39.6 Å². The van der Waals surface area contributed by atoms with Crippen LogP contribution in [-0.2, 0) is 20.8 Å². The predicted octanol–water partition coefficient (Wildman–Crippen LogP) is 0.0826. The van der Waals surface area contributed by atoms with Crippen molar-refractivity contribution in [2.24, 2.45) is 17.6 Å². The van der Waals surface area contributed by atoms with Crippen molar-refractivity contribution >= 4 is 29.1 Å². The van der Waals surface area contributed by atoms with Crippen molar-refractivity contribution in [1.82, 2.24) is 0 Å². The van der Waals surface area contributed by atoms with Gasteiger partial charge in [0.2, 0.25) is 5.78 Å². The average Bonchev–Trinajstić information content (AvgIpc) is 2.75. The first-order valence-corrected chi connectivity index (χ1v) is 10.6. The number of rotatable bonds is 2. The Morgan fingerprint density at radius 3 is 2.40 bits per heavy atom. The number of carboxylic acid groups (broad SMARTS) is 1. The zero-order valence-electron chi connectivity index (χ0n) is 18.7. The lowest BCUT2D eigenvalue weighted by atomic mass is 9.60. The fraction of sp³-hybridized carbons (Fsp3) is 0.333. The predicted molar refractivity (Wildman–Crippen MR) is 120 cm³/mol. The van der Waals surface area contributed by atoms with Gasteiger partial charge in [0.15, 0.2) is 11.4 Å². The summed E-state index contributed by atoms with van der Waals surface area (Å²) in [6.07, 6.45) is -0.176. The largest absolute Gasteiger partial charge is 0.511 e. The van der Waals surface area contributed by atoms with Crippen LogP contribution in [0.1, 0.15) is 34.3 Å². The monoisotopic (exact) mass is 482 g/mol. The summed E-state index contributed by atoms with van der Waals surface area (Å²) in [7, 11) is 3.37. The first kappa shape index (κ1) is 23.8. The van der Waals surface area contributed by atoms with Crippen molar-refractivity contribution in [1.29, 1.82) is 0 Å². The van der Waals surface area contributed by atoms with Crippen LogP contribution in [0.2, 0.25) is 0 Å². The number of primary amides is 1. The summed E-state index contributed by atoms with van der Waals surface area (Å²) in [5.74, 6) is -4.57. The number of amides is 1. The highest BCUT2D eigenvalue weighted by Crippen LogP contribution is 2.52. The lowest BCUT2D eigenvalue weighted by Gasteiger charge is -2.45. The number of carbonyl (C=O) groups is 4. The average molecular weight is 482 g/mol. The lowest BCUT2D eigenvalue weighted by Crippen LogP contribution is -2.57. The number of aliphatic hydroxyl groups is 3. The molecule has 35 heavy (non-hydrogen) atoms. The second-order valence-corrected chi connectivity index (χ2v) is 9.01. The number of nitrogens with zero attached hydrogens (tertiary/aromatic N) is 1. The minimum absolute atomic E-state index is 0.0110. The number of allylic oxidation sites excluding steroid dienone is 2. The Morgan fingerprint density at radius 1 is 1.17 bits per heavy atom. The summed E-state index contributed by atoms with van der Waals surface area (Å²) in [6.45, 7) is 0. The summed E-state index contributed by atoms with van der Waals surface area (Å²) in [5, 5.41) is 52.2. The molecule has 0 fully saturated rings. The molecule has 0 aliphatic heterocycles. The number of ketones is 2. The van der Waals surface area contributed by atoms with E-state index >= 15 is 0 Å². The zero-order valence-corrected chi connectivity index (χ0v) is 18.7. The van der Waals surface area contributed by atoms with Crippen molar-refractivity contribution in [3.8, 4) is 17.6 Å². The molecule has 1 amide bonds. The third-order valence-corrected chi connectivity index (χ3v) is 6.82. The number of phenols is 1. The number of fused-ring (bicyclic) bond motifs is 3. The van der Waals surface area contributed by atoms with Gasteiger partial charge in [0.25, 0.3) is 5.91 Å². The van der Waals surface area contributed by atoms with E-state index in [1.165, 1.54) is 6.07 Å². The molecule has 0 saturated heterocycles. The molecule has 182 valence electrons. The maximum Gasteiger partial charge on any atom is 0.382 e. The summed E-state index contributed by atoms with van der Waals surface area (Å²) in [6, 6.07) is 1.45. The number of hydrogen-bond acceptors (Lipinski definition) is 9. The molecule has 1 aromatic carbocycles. The highest BCUT2D eigenvalue weighted by molar-refractivity contribution is 6.24. The van der Waals surface area contributed by atoms with Crippen LogP contribution in [0.25, 0.3) is 0 Å². The molecule has 0 bridgehead atoms. The molecule has 0 saturated carbocycles. The summed E-state index contributed by atoms with van der Waals surface area (Å²) >= 11 is 0. The smallest absolute Gasteiger partial charge is 0.382 e. The third-order valence-electron chi connectivity index (χ3n) is 6.82. The number of Topliss-reactive ketones (excluding diaryl/α,β-unsaturated/α-hetero) is 2. The van der Waals surface area contributed by atoms with Crippen LogP contribution in [0.5, 0.6) is 5.75 Å². The molecule has 1 aromatic rings. The van der Waals surface area contributed by atoms with Crippen LogP contribution >= 0.6 is 0 Å². The first-order valence-electron chi connectivity index (χ1n) is 10.6. The van der Waals surface area contributed by atoms with E-state index in [0.717, 1.165) is 0 Å². The van der Waals surface area contributed by atoms with E-state index in [2.05, 4.69) is 5.92 Å². The zero-order chi connectivity index (χ0) is 26.0. The molecule has 0 spiro atoms. The Hall–Kier alpha value is -4.30. The molecule has 3 atom stereocenters. The normalized spacial score (nSPS) is 25.2. The Kier molecular flexibility index (Phi) is 5.37. The van der Waals surface area contributed by atoms with Crippen molar-refractivity contribution in [2.45, 2.75) is 24.9 Å². The highest BCUT2D eigenvalue weighted by atomic mass is 16.4. The van der Waals surface area contributed by atoms with Gasteiger partial charge in [-0.1, -0.05) is 5.92 Å². The molecule has 3 aliphatic carbocycles. The number of anilines is 1. The van der Waals surface area contributed by atoms with Gasteiger partial charge in [-0.05, 0) is 30.4 Å². The Bertz CT molecular complexity index is 1360. The van der Waals surface area contributed by atoms with Crippen molar-refractivity contribution < 1.29 is 44.7 Å². The molecule has 7 N–H and O–H groups in total. The van der Waals surface area contributed by atoms with Crippen molar-refractivity contribution in [2.75, 3.05) is 19.0 Å². The molecular weight excluding hydrogens is 460 g/mol. The number of carbonyl (C=O) groups excluding carboxylic acids is 3. The maximum atomic E-state index is 13.6. The molecule has 11 heteroatoms. The standard InChI is InChI=1S/C24H22N2O9/c1-26(2)13-7-9(3-4-15(28)29)19(30)17-12(13)6-10-5-11-8-14(27)18(23(25)34)22(33)24(11,35)21(32)16(10)20(17)31/h7,10-11,27,30,32,35H,5-6,8H2,1-2H3,(H2,25,34)(H,28,29)/t10-,11+,24+/m1/s1. The van der Waals surface area contributed by atoms with Crippen LogP contribution in [0, 0.1) is 23.7 Å². The third kappa shape index (κ3) is 3.33. The van der Waals surface area contributed by atoms with E-state index in [-0.39, 0.29) is 36.0 Å². The Labute approximate surface area is 198 Å². The van der Waals surface area contributed by atoms with Gasteiger partial charge in [0, 0.05) is 43.6 Å². The maximum absolute atomic E-state index is 13.6. The van der Waals surface area contributed by atoms with Crippen LogP contribution < -0.4 is 10.6 Å². The van der Waals surface area contributed by atoms with Gasteiger partial charge >= 0.3 is 5.97 Å². The second kappa shape index (κ2) is 7.89. The van der Waals surface area contributed by atoms with E-state index in [1.807, 2.05) is 5.92 Å². The molecule has 0 aromatic heterocycles. The molecule has 4 rings (SSSR count). The number of benzene rings is 1. The van der Waals surface area contributed by atoms with Gasteiger partial charge in [-0.25, -0.2) is 4.79 Å². The molecule has 3 aliphatic rings. The fourth-order valence-electron chi connectivity index (χ4n) is 5.28. The SMILES string of the molecule is CN(C)c1cc(C#CC(=O)O)c(O)c2c1C[C@H]1C[C@H]3CC(O)=C(C(N)=O)C(=O)[C@@]3(O)C(O)=C1C2=O. The summed E-state index contributed by atoms with van der Waals surface area (Å²) in [4.78, 5) is 50.9. The number of carboxylic acids is 1. The van der Waals surface area contributed by atoms with Gasteiger partial charge in [0.1, 0.15) is 22.8 Å². The fourth-order valence-corrected chi connectivity index (χ4v) is 5.28. The first-order chi connectivity index (χ1) is 16.3. The van der Waals surface area contributed by atoms with E-state index in [0.29, 0.717) is 11.3 Å². The minimum Gasteiger partial charge on any atom is -0.511 e. The van der Waals surface area contributed by atoms with Gasteiger partial charge < -0.3 is 36.2 Å². The van der Waals surface area contributed by atoms with Gasteiger partial charge in [0.05, 0.1) is 11.1 Å². The van der Waals surface area contributed by atoms with Crippen LogP contribution in [0.15, 0.2) is 28.7 Å². The van der Waals surface area contributed by atoms with Gasteiger partial charge in [-0.2, -0.15) is 0 Å². The molecule has 0 radical (unpaired) electrons. The highest BCUT2D eigenvalue weighted by Gasteiger charge is 2.59. The second-order valence-electron chi connectivity index (χ2n) is 9.01. The molecule has 11 nitrogen and oxygen atoms in total. The Morgan fingerprint density at radius 2 is 1.83 bits per heavy atom. The van der Waals surface area contributed by atoms with E-state index < -0.39 is 63.7 Å². The van der Waals surface area contributed by atoms with Crippen LogP contribution in [0.4, 0.5) is 5.69 Å². The van der Waals surface area contributed by atoms with Gasteiger partial charge in [-0.3, -0.25) is 14.4 Å². The number of aliphatic carboxylic acids is 1. The van der Waals surface area contributed by atoms with Crippen molar-refractivity contribution in [3.63, 3.8) is 0 Å². The van der Waals surface area contributed by atoms with Crippen LogP contribution in [0.3, 0.4) is 0 Å². The number of aliphatic hydroxyl groups excluding tert-OH is 2. The molecule has 0 unspecified atom stereocenters. The van der Waals surface area contributed by atoms with E-state index in [4.69, 9.17) is 10.8 Å². The van der Waals surface area contributed by atoms with Crippen LogP contribution in [-0.4, -0.2) is 68.7 Å². The van der Waals surface area contributed by atoms with Gasteiger partial charge in [-0.15, -0.1) is 0 Å². The Balaban J connectivity index is 1.95. The topological polar surface area (TPSA) is 199 Å². The van der Waals surface area contributed by atoms with Crippen molar-refractivity contribution in [3.05, 3.63) is 45.4 Å². The number of phenolic OH excluding ortho intramolecular Hbond substituents is 1. The van der Waals surface area contributed by atoms with E-state index in [1.54, 1.807) is 19.0 Å².